The summed E-state index contributed by atoms with van der Waals surface area (Å²) in [6.45, 7) is 3.35. The molecule has 132 valence electrons. The smallest absolute Gasteiger partial charge is 0.259 e. The van der Waals surface area contributed by atoms with Gasteiger partial charge in [0.1, 0.15) is 5.75 Å². The second-order valence-corrected chi connectivity index (χ2v) is 6.82. The first-order chi connectivity index (χ1) is 12.1. The van der Waals surface area contributed by atoms with Crippen LogP contribution in [0.25, 0.3) is 0 Å². The van der Waals surface area contributed by atoms with E-state index in [4.69, 9.17) is 16.3 Å². The number of nitrogens with zero attached hydrogens (tertiary/aromatic N) is 1. The molecule has 0 saturated carbocycles. The molecule has 0 bridgehead atoms. The van der Waals surface area contributed by atoms with Gasteiger partial charge in [0.05, 0.1) is 12.7 Å². The Hall–Kier alpha value is -2.20. The summed E-state index contributed by atoms with van der Waals surface area (Å²) in [4.78, 5) is 15.0. The fourth-order valence-electron chi connectivity index (χ4n) is 3.27. The van der Waals surface area contributed by atoms with Crippen LogP contribution in [0.1, 0.15) is 36.5 Å². The molecule has 1 unspecified atom stereocenters. The highest BCUT2D eigenvalue weighted by atomic mass is 35.5. The number of ether oxygens (including phenoxy) is 1. The standard InChI is InChI=1S/C20H23ClN2O2/c1-14-5-3-4-12-23(14)17-9-7-16(8-10-17)22-20(24)18-13-15(21)6-11-19(18)25-2/h6-11,13-14H,3-5,12H2,1-2H3,(H,22,24). The molecular formula is C20H23ClN2O2. The molecule has 1 aliphatic heterocycles. The number of carbonyl (C=O) groups excluding carboxylic acids is 1. The van der Waals surface area contributed by atoms with Gasteiger partial charge >= 0.3 is 0 Å². The van der Waals surface area contributed by atoms with Crippen LogP contribution >= 0.6 is 11.6 Å². The first-order valence-corrected chi connectivity index (χ1v) is 8.98. The molecule has 0 aliphatic carbocycles. The topological polar surface area (TPSA) is 41.6 Å². The molecule has 2 aromatic rings. The van der Waals surface area contributed by atoms with Crippen molar-refractivity contribution in [3.8, 4) is 5.75 Å². The zero-order chi connectivity index (χ0) is 17.8. The molecule has 1 amide bonds. The highest BCUT2D eigenvalue weighted by molar-refractivity contribution is 6.31. The Morgan fingerprint density at radius 3 is 2.64 bits per heavy atom. The van der Waals surface area contributed by atoms with Crippen molar-refractivity contribution >= 4 is 28.9 Å². The second-order valence-electron chi connectivity index (χ2n) is 6.38. The zero-order valence-corrected chi connectivity index (χ0v) is 15.3. The number of hydrogen-bond donors (Lipinski definition) is 1. The van der Waals surface area contributed by atoms with E-state index >= 15 is 0 Å². The monoisotopic (exact) mass is 358 g/mol. The fourth-order valence-corrected chi connectivity index (χ4v) is 3.45. The van der Waals surface area contributed by atoms with E-state index in [1.807, 2.05) is 12.1 Å². The van der Waals surface area contributed by atoms with E-state index in [0.29, 0.717) is 22.4 Å². The first kappa shape index (κ1) is 17.6. The molecule has 1 aliphatic rings. The average Bonchev–Trinajstić information content (AvgIpc) is 2.63. The van der Waals surface area contributed by atoms with Crippen LogP contribution in [-0.2, 0) is 0 Å². The minimum atomic E-state index is -0.238. The minimum absolute atomic E-state index is 0.238. The normalized spacial score (nSPS) is 17.2. The summed E-state index contributed by atoms with van der Waals surface area (Å²) in [5.41, 5.74) is 2.37. The van der Waals surface area contributed by atoms with Crippen LogP contribution in [0.3, 0.4) is 0 Å². The maximum absolute atomic E-state index is 12.5. The van der Waals surface area contributed by atoms with Crippen LogP contribution in [0.2, 0.25) is 5.02 Å². The van der Waals surface area contributed by atoms with E-state index < -0.39 is 0 Å². The third-order valence-corrected chi connectivity index (χ3v) is 4.90. The number of carbonyl (C=O) groups is 1. The lowest BCUT2D eigenvalue weighted by Gasteiger charge is -2.35. The highest BCUT2D eigenvalue weighted by Gasteiger charge is 2.18. The van der Waals surface area contributed by atoms with Gasteiger partial charge in [0, 0.05) is 29.0 Å². The van der Waals surface area contributed by atoms with Crippen molar-refractivity contribution in [3.05, 3.63) is 53.1 Å². The van der Waals surface area contributed by atoms with Gasteiger partial charge in [0.2, 0.25) is 0 Å². The van der Waals surface area contributed by atoms with E-state index in [9.17, 15) is 4.79 Å². The van der Waals surface area contributed by atoms with Gasteiger partial charge in [-0.2, -0.15) is 0 Å². The zero-order valence-electron chi connectivity index (χ0n) is 14.6. The summed E-state index contributed by atoms with van der Waals surface area (Å²) < 4.78 is 5.24. The second kappa shape index (κ2) is 7.79. The molecule has 0 aromatic heterocycles. The molecule has 4 nitrogen and oxygen atoms in total. The Labute approximate surface area is 153 Å². The van der Waals surface area contributed by atoms with E-state index in [0.717, 1.165) is 12.2 Å². The lowest BCUT2D eigenvalue weighted by molar-refractivity contribution is 0.102. The van der Waals surface area contributed by atoms with Crippen LogP contribution in [0.15, 0.2) is 42.5 Å². The molecule has 1 N–H and O–H groups in total. The van der Waals surface area contributed by atoms with Gasteiger partial charge in [-0.25, -0.2) is 0 Å². The summed E-state index contributed by atoms with van der Waals surface area (Å²) in [5.74, 6) is 0.263. The lowest BCUT2D eigenvalue weighted by atomic mass is 10.0. The number of methoxy groups -OCH3 is 1. The van der Waals surface area contributed by atoms with Crippen molar-refractivity contribution in [2.45, 2.75) is 32.2 Å². The minimum Gasteiger partial charge on any atom is -0.496 e. The summed E-state index contributed by atoms with van der Waals surface area (Å²) in [6.07, 6.45) is 3.76. The Bertz CT molecular complexity index is 746. The quantitative estimate of drug-likeness (QED) is 0.838. The molecule has 2 aromatic carbocycles. The maximum atomic E-state index is 12.5. The van der Waals surface area contributed by atoms with Crippen LogP contribution in [0.5, 0.6) is 5.75 Å². The molecule has 0 spiro atoms. The summed E-state index contributed by atoms with van der Waals surface area (Å²) in [5, 5.41) is 3.41. The van der Waals surface area contributed by atoms with Gasteiger partial charge in [0.25, 0.3) is 5.91 Å². The van der Waals surface area contributed by atoms with Crippen LogP contribution in [0.4, 0.5) is 11.4 Å². The van der Waals surface area contributed by atoms with E-state index in [1.165, 1.54) is 32.1 Å². The van der Waals surface area contributed by atoms with Gasteiger partial charge in [-0.1, -0.05) is 11.6 Å². The van der Waals surface area contributed by atoms with Gasteiger partial charge < -0.3 is 15.0 Å². The predicted molar refractivity (Wildman–Crippen MR) is 103 cm³/mol. The number of halogens is 1. The number of benzene rings is 2. The lowest BCUT2D eigenvalue weighted by Crippen LogP contribution is -2.37. The molecule has 1 saturated heterocycles. The summed E-state index contributed by atoms with van der Waals surface area (Å²) >= 11 is 6.00. The third-order valence-electron chi connectivity index (χ3n) is 4.67. The van der Waals surface area contributed by atoms with Gasteiger partial charge in [0.15, 0.2) is 0 Å². The van der Waals surface area contributed by atoms with Crippen LogP contribution in [-0.4, -0.2) is 25.6 Å². The van der Waals surface area contributed by atoms with Crippen molar-refractivity contribution < 1.29 is 9.53 Å². The molecule has 1 heterocycles. The number of rotatable bonds is 4. The Balaban J connectivity index is 1.73. The van der Waals surface area contributed by atoms with Gasteiger partial charge in [-0.15, -0.1) is 0 Å². The van der Waals surface area contributed by atoms with Crippen molar-refractivity contribution in [1.82, 2.24) is 0 Å². The van der Waals surface area contributed by atoms with Gasteiger partial charge in [-0.3, -0.25) is 4.79 Å². The third kappa shape index (κ3) is 4.07. The van der Waals surface area contributed by atoms with E-state index in [1.54, 1.807) is 18.2 Å². The van der Waals surface area contributed by atoms with Crippen LogP contribution in [0, 0.1) is 0 Å². The Kier molecular flexibility index (Phi) is 5.49. The molecule has 5 heteroatoms. The first-order valence-electron chi connectivity index (χ1n) is 8.60. The molecule has 1 fully saturated rings. The van der Waals surface area contributed by atoms with Crippen LogP contribution < -0.4 is 15.0 Å². The van der Waals surface area contributed by atoms with Crippen molar-refractivity contribution in [1.29, 1.82) is 0 Å². The maximum Gasteiger partial charge on any atom is 0.259 e. The summed E-state index contributed by atoms with van der Waals surface area (Å²) in [7, 11) is 1.54. The van der Waals surface area contributed by atoms with Crippen molar-refractivity contribution in [2.75, 3.05) is 23.9 Å². The molecule has 3 rings (SSSR count). The number of amides is 1. The number of hydrogen-bond acceptors (Lipinski definition) is 3. The van der Waals surface area contributed by atoms with E-state index in [2.05, 4.69) is 29.3 Å². The van der Waals surface area contributed by atoms with Crippen molar-refractivity contribution in [2.24, 2.45) is 0 Å². The largest absolute Gasteiger partial charge is 0.496 e. The fraction of sp³-hybridized carbons (Fsp3) is 0.350. The number of nitrogens with one attached hydrogen (secondary N) is 1. The Morgan fingerprint density at radius 2 is 1.96 bits per heavy atom. The number of piperidine rings is 1. The van der Waals surface area contributed by atoms with Crippen molar-refractivity contribution in [3.63, 3.8) is 0 Å². The average molecular weight is 359 g/mol. The summed E-state index contributed by atoms with van der Waals surface area (Å²) in [6, 6.07) is 13.6. The SMILES string of the molecule is COc1ccc(Cl)cc1C(=O)Nc1ccc(N2CCCCC2C)cc1. The highest BCUT2D eigenvalue weighted by Crippen LogP contribution is 2.27. The molecular weight excluding hydrogens is 336 g/mol. The molecule has 0 radical (unpaired) electrons. The molecule has 1 atom stereocenters. The predicted octanol–water partition coefficient (Wildman–Crippen LogP) is 4.98. The van der Waals surface area contributed by atoms with E-state index in [-0.39, 0.29) is 5.91 Å². The molecule has 25 heavy (non-hydrogen) atoms. The van der Waals surface area contributed by atoms with Gasteiger partial charge in [-0.05, 0) is 68.7 Å². The Morgan fingerprint density at radius 1 is 1.20 bits per heavy atom. The number of anilines is 2.